The van der Waals surface area contributed by atoms with E-state index in [1.807, 2.05) is 30.3 Å². The lowest BCUT2D eigenvalue weighted by Gasteiger charge is -2.32. The van der Waals surface area contributed by atoms with Crippen molar-refractivity contribution in [3.05, 3.63) is 41.6 Å². The molecule has 1 aliphatic carbocycles. The summed E-state index contributed by atoms with van der Waals surface area (Å²) in [4.78, 5) is 48.7. The van der Waals surface area contributed by atoms with Crippen molar-refractivity contribution in [2.75, 3.05) is 6.61 Å². The summed E-state index contributed by atoms with van der Waals surface area (Å²) < 4.78 is 4.98. The Bertz CT molecular complexity index is 800. The van der Waals surface area contributed by atoms with Crippen LogP contribution in [0.1, 0.15) is 43.4 Å². The van der Waals surface area contributed by atoms with Gasteiger partial charge in [0.05, 0.1) is 12.5 Å². The molecule has 1 saturated carbocycles. The van der Waals surface area contributed by atoms with E-state index in [9.17, 15) is 19.2 Å². The summed E-state index contributed by atoms with van der Waals surface area (Å²) in [7, 11) is 0. The summed E-state index contributed by atoms with van der Waals surface area (Å²) in [6, 6.07) is 6.48. The molecule has 1 aromatic rings. The Hall–Kier alpha value is -3.16. The normalized spacial score (nSPS) is 17.7. The largest absolute Gasteiger partial charge is 0.455 e. The SMILES string of the molecule is CC(=O)N1C=Cc2ccccc2[C@H]1CC(=O)OCC(=O)NC(=O)NC1CC1. The fraction of sp³-hybridized carbons (Fsp3) is 0.368. The zero-order valence-corrected chi connectivity index (χ0v) is 14.9. The maximum atomic E-state index is 12.2. The van der Waals surface area contributed by atoms with Crippen LogP contribution in [0.15, 0.2) is 30.5 Å². The van der Waals surface area contributed by atoms with E-state index >= 15 is 0 Å². The van der Waals surface area contributed by atoms with E-state index in [1.54, 1.807) is 6.20 Å². The first-order valence-electron chi connectivity index (χ1n) is 8.76. The molecule has 1 atom stereocenters. The molecule has 8 heteroatoms. The minimum absolute atomic E-state index is 0.0948. The molecule has 8 nitrogen and oxygen atoms in total. The Morgan fingerprint density at radius 1 is 1.19 bits per heavy atom. The quantitative estimate of drug-likeness (QED) is 0.763. The lowest BCUT2D eigenvalue weighted by Crippen LogP contribution is -2.42. The number of benzene rings is 1. The predicted molar refractivity (Wildman–Crippen MR) is 96.0 cm³/mol. The van der Waals surface area contributed by atoms with E-state index in [0.29, 0.717) is 0 Å². The van der Waals surface area contributed by atoms with Gasteiger partial charge in [0.25, 0.3) is 5.91 Å². The van der Waals surface area contributed by atoms with E-state index in [4.69, 9.17) is 4.74 Å². The smallest absolute Gasteiger partial charge is 0.321 e. The zero-order valence-electron chi connectivity index (χ0n) is 14.9. The second-order valence-corrected chi connectivity index (χ2v) is 6.55. The minimum atomic E-state index is -0.700. The Balaban J connectivity index is 1.55. The number of imide groups is 1. The Morgan fingerprint density at radius 3 is 2.63 bits per heavy atom. The van der Waals surface area contributed by atoms with Crippen molar-refractivity contribution in [1.29, 1.82) is 0 Å². The summed E-state index contributed by atoms with van der Waals surface area (Å²) in [5.41, 5.74) is 1.75. The average Bonchev–Trinajstić information content (AvgIpc) is 3.43. The molecule has 4 amide bonds. The number of fused-ring (bicyclic) bond motifs is 1. The number of hydrogen-bond acceptors (Lipinski definition) is 5. The number of carbonyl (C=O) groups is 4. The summed E-state index contributed by atoms with van der Waals surface area (Å²) in [5, 5.41) is 4.72. The molecular weight excluding hydrogens is 350 g/mol. The van der Waals surface area contributed by atoms with Gasteiger partial charge in [0, 0.05) is 19.2 Å². The molecule has 1 aromatic carbocycles. The highest BCUT2D eigenvalue weighted by molar-refractivity contribution is 5.95. The van der Waals surface area contributed by atoms with Crippen molar-refractivity contribution in [2.24, 2.45) is 0 Å². The highest BCUT2D eigenvalue weighted by Gasteiger charge is 2.29. The van der Waals surface area contributed by atoms with Crippen LogP contribution in [0.4, 0.5) is 4.79 Å². The average molecular weight is 371 g/mol. The van der Waals surface area contributed by atoms with Crippen LogP contribution < -0.4 is 10.6 Å². The van der Waals surface area contributed by atoms with Crippen LogP contribution in [0, 0.1) is 0 Å². The number of amides is 4. The maximum absolute atomic E-state index is 12.2. The van der Waals surface area contributed by atoms with Gasteiger partial charge in [0.15, 0.2) is 6.61 Å². The van der Waals surface area contributed by atoms with Crippen LogP contribution in [-0.2, 0) is 19.1 Å². The molecule has 3 rings (SSSR count). The van der Waals surface area contributed by atoms with E-state index in [0.717, 1.165) is 24.0 Å². The zero-order chi connectivity index (χ0) is 19.4. The summed E-state index contributed by atoms with van der Waals surface area (Å²) in [6.07, 6.45) is 5.16. The van der Waals surface area contributed by atoms with Crippen LogP contribution in [0.2, 0.25) is 0 Å². The third kappa shape index (κ3) is 4.93. The molecule has 0 saturated heterocycles. The fourth-order valence-electron chi connectivity index (χ4n) is 2.89. The molecule has 1 fully saturated rings. The standard InChI is InChI=1S/C19H21N3O5/c1-12(23)22-9-8-13-4-2-3-5-15(13)16(22)10-18(25)27-11-17(24)21-19(26)20-14-6-7-14/h2-5,8-9,14,16H,6-7,10-11H2,1H3,(H2,20,21,24,26)/t16-/m1/s1. The first-order chi connectivity index (χ1) is 12.9. The molecular formula is C19H21N3O5. The Kier molecular flexibility index (Phi) is 5.54. The summed E-state index contributed by atoms with van der Waals surface area (Å²) >= 11 is 0. The molecule has 0 spiro atoms. The number of esters is 1. The van der Waals surface area contributed by atoms with E-state index in [-0.39, 0.29) is 18.4 Å². The molecule has 1 heterocycles. The molecule has 27 heavy (non-hydrogen) atoms. The van der Waals surface area contributed by atoms with Crippen molar-refractivity contribution >= 4 is 29.9 Å². The van der Waals surface area contributed by atoms with Gasteiger partial charge in [0.1, 0.15) is 0 Å². The van der Waals surface area contributed by atoms with Crippen LogP contribution >= 0.6 is 0 Å². The monoisotopic (exact) mass is 371 g/mol. The van der Waals surface area contributed by atoms with Crippen molar-refractivity contribution in [2.45, 2.75) is 38.3 Å². The fourth-order valence-corrected chi connectivity index (χ4v) is 2.89. The van der Waals surface area contributed by atoms with Gasteiger partial charge in [-0.05, 0) is 30.0 Å². The third-order valence-corrected chi connectivity index (χ3v) is 4.36. The van der Waals surface area contributed by atoms with E-state index in [1.165, 1.54) is 11.8 Å². The van der Waals surface area contributed by atoms with Crippen LogP contribution in [0.3, 0.4) is 0 Å². The van der Waals surface area contributed by atoms with Gasteiger partial charge in [-0.2, -0.15) is 0 Å². The molecule has 0 radical (unpaired) electrons. The molecule has 2 aliphatic rings. The molecule has 0 bridgehead atoms. The van der Waals surface area contributed by atoms with Gasteiger partial charge in [0.2, 0.25) is 5.91 Å². The topological polar surface area (TPSA) is 105 Å². The number of carbonyl (C=O) groups excluding carboxylic acids is 4. The minimum Gasteiger partial charge on any atom is -0.455 e. The van der Waals surface area contributed by atoms with Gasteiger partial charge in [-0.25, -0.2) is 4.79 Å². The number of urea groups is 1. The molecule has 0 aromatic heterocycles. The highest BCUT2D eigenvalue weighted by atomic mass is 16.5. The Morgan fingerprint density at radius 2 is 1.93 bits per heavy atom. The lowest BCUT2D eigenvalue weighted by atomic mass is 9.94. The van der Waals surface area contributed by atoms with Gasteiger partial charge in [-0.1, -0.05) is 24.3 Å². The van der Waals surface area contributed by atoms with Gasteiger partial charge >= 0.3 is 12.0 Å². The second kappa shape index (κ2) is 8.03. The number of hydrogen-bond donors (Lipinski definition) is 2. The maximum Gasteiger partial charge on any atom is 0.321 e. The Labute approximate surface area is 156 Å². The first kappa shape index (κ1) is 18.6. The van der Waals surface area contributed by atoms with Crippen molar-refractivity contribution < 1.29 is 23.9 Å². The number of nitrogens with one attached hydrogen (secondary N) is 2. The number of rotatable bonds is 5. The van der Waals surface area contributed by atoms with Crippen LogP contribution in [0.25, 0.3) is 6.08 Å². The molecule has 0 unspecified atom stereocenters. The van der Waals surface area contributed by atoms with Crippen LogP contribution in [-0.4, -0.2) is 41.4 Å². The summed E-state index contributed by atoms with van der Waals surface area (Å²) in [6.45, 7) is 0.865. The number of nitrogens with zero attached hydrogens (tertiary/aromatic N) is 1. The number of ether oxygens (including phenoxy) is 1. The predicted octanol–water partition coefficient (Wildman–Crippen LogP) is 1.48. The lowest BCUT2D eigenvalue weighted by molar-refractivity contribution is -0.149. The highest BCUT2D eigenvalue weighted by Crippen LogP contribution is 2.33. The van der Waals surface area contributed by atoms with Crippen molar-refractivity contribution in [1.82, 2.24) is 15.5 Å². The second-order valence-electron chi connectivity index (χ2n) is 6.55. The molecule has 1 aliphatic heterocycles. The summed E-state index contributed by atoms with van der Waals surface area (Å²) in [5.74, 6) is -1.53. The van der Waals surface area contributed by atoms with Crippen molar-refractivity contribution in [3.8, 4) is 0 Å². The molecule has 142 valence electrons. The van der Waals surface area contributed by atoms with Gasteiger partial charge < -0.3 is 15.0 Å². The third-order valence-electron chi connectivity index (χ3n) is 4.36. The van der Waals surface area contributed by atoms with Crippen molar-refractivity contribution in [3.63, 3.8) is 0 Å². The van der Waals surface area contributed by atoms with E-state index < -0.39 is 30.6 Å². The first-order valence-corrected chi connectivity index (χ1v) is 8.76. The van der Waals surface area contributed by atoms with Gasteiger partial charge in [-0.15, -0.1) is 0 Å². The van der Waals surface area contributed by atoms with E-state index in [2.05, 4.69) is 10.6 Å². The van der Waals surface area contributed by atoms with Crippen LogP contribution in [0.5, 0.6) is 0 Å². The van der Waals surface area contributed by atoms with Gasteiger partial charge in [-0.3, -0.25) is 19.7 Å². The molecule has 2 N–H and O–H groups in total.